The molecule has 2 aromatic rings. The summed E-state index contributed by atoms with van der Waals surface area (Å²) in [5.74, 6) is 0.376. The van der Waals surface area contributed by atoms with Crippen molar-refractivity contribution in [2.75, 3.05) is 12.4 Å². The molecule has 0 radical (unpaired) electrons. The van der Waals surface area contributed by atoms with Gasteiger partial charge in [-0.3, -0.25) is 10.1 Å². The minimum atomic E-state index is -0.635. The fourth-order valence-electron chi connectivity index (χ4n) is 1.98. The summed E-state index contributed by atoms with van der Waals surface area (Å²) in [4.78, 5) is 23.7. The molecule has 1 aromatic heterocycles. The Labute approximate surface area is 137 Å². The number of carbonyl (C=O) groups is 2. The van der Waals surface area contributed by atoms with Gasteiger partial charge >= 0.3 is 12.0 Å². The summed E-state index contributed by atoms with van der Waals surface area (Å²) in [5.41, 5.74) is 0.617. The molecular weight excluding hydrogens is 322 g/mol. The number of benzene rings is 1. The molecule has 0 aliphatic carbocycles. The number of esters is 1. The van der Waals surface area contributed by atoms with Gasteiger partial charge in [0.15, 0.2) is 5.82 Å². The Balaban J connectivity index is 2.12. The molecule has 0 saturated heterocycles. The molecule has 0 unspecified atom stereocenters. The van der Waals surface area contributed by atoms with Crippen molar-refractivity contribution in [3.05, 3.63) is 46.7 Å². The van der Waals surface area contributed by atoms with Crippen LogP contribution in [0.15, 0.2) is 34.9 Å². The Morgan fingerprint density at radius 2 is 2.13 bits per heavy atom. The summed E-state index contributed by atoms with van der Waals surface area (Å²) >= 11 is 6.14. The minimum absolute atomic E-state index is 0.0501. The number of carbonyl (C=O) groups excluding carboxylic acids is 2. The number of amides is 2. The smallest absolute Gasteiger partial charge is 0.320 e. The third-order valence-corrected chi connectivity index (χ3v) is 3.40. The number of aryl methyl sites for hydroxylation is 1. The highest BCUT2D eigenvalue weighted by Gasteiger charge is 2.21. The molecule has 2 N–H and O–H groups in total. The summed E-state index contributed by atoms with van der Waals surface area (Å²) in [6.45, 7) is 1.71. The number of hydrogen-bond donors (Lipinski definition) is 2. The third-order valence-electron chi connectivity index (χ3n) is 3.05. The number of halogens is 1. The van der Waals surface area contributed by atoms with Crippen molar-refractivity contribution in [1.82, 2.24) is 10.5 Å². The number of methoxy groups -OCH3 is 1. The predicted molar refractivity (Wildman–Crippen MR) is 84.2 cm³/mol. The quantitative estimate of drug-likeness (QED) is 0.818. The standard InChI is InChI=1S/C15H16ClN3O4/c1-9-7-13(19-23-9)18-15(21)17-12(8-14(20)22-2)10-5-3-4-6-11(10)16/h3-7,12H,8H2,1-2H3,(H2,17,18,19,21)/t12-/m1/s1. The van der Waals surface area contributed by atoms with E-state index in [4.69, 9.17) is 16.1 Å². The van der Waals surface area contributed by atoms with E-state index in [9.17, 15) is 9.59 Å². The van der Waals surface area contributed by atoms with E-state index in [1.165, 1.54) is 7.11 Å². The van der Waals surface area contributed by atoms with Gasteiger partial charge in [-0.1, -0.05) is 35.0 Å². The van der Waals surface area contributed by atoms with Crippen LogP contribution in [0, 0.1) is 6.92 Å². The zero-order valence-corrected chi connectivity index (χ0v) is 13.4. The molecule has 0 spiro atoms. The monoisotopic (exact) mass is 337 g/mol. The highest BCUT2D eigenvalue weighted by atomic mass is 35.5. The Morgan fingerprint density at radius 1 is 1.39 bits per heavy atom. The molecule has 0 aliphatic rings. The highest BCUT2D eigenvalue weighted by molar-refractivity contribution is 6.31. The van der Waals surface area contributed by atoms with Crippen molar-refractivity contribution >= 4 is 29.4 Å². The van der Waals surface area contributed by atoms with Gasteiger partial charge in [0.2, 0.25) is 0 Å². The minimum Gasteiger partial charge on any atom is -0.469 e. The van der Waals surface area contributed by atoms with Crippen molar-refractivity contribution < 1.29 is 18.8 Å². The molecule has 0 bridgehead atoms. The van der Waals surface area contributed by atoms with Crippen molar-refractivity contribution in [3.8, 4) is 0 Å². The van der Waals surface area contributed by atoms with Gasteiger partial charge in [0.1, 0.15) is 5.76 Å². The molecule has 2 amide bonds. The zero-order chi connectivity index (χ0) is 16.8. The van der Waals surface area contributed by atoms with Crippen LogP contribution in [0.4, 0.5) is 10.6 Å². The molecule has 1 aromatic carbocycles. The number of rotatable bonds is 5. The molecule has 23 heavy (non-hydrogen) atoms. The van der Waals surface area contributed by atoms with Gasteiger partial charge in [0, 0.05) is 11.1 Å². The number of urea groups is 1. The summed E-state index contributed by atoms with van der Waals surface area (Å²) in [6, 6.07) is 7.35. The van der Waals surface area contributed by atoms with Crippen molar-refractivity contribution in [3.63, 3.8) is 0 Å². The lowest BCUT2D eigenvalue weighted by Gasteiger charge is -2.19. The highest BCUT2D eigenvalue weighted by Crippen LogP contribution is 2.25. The van der Waals surface area contributed by atoms with Crippen LogP contribution >= 0.6 is 11.6 Å². The molecule has 0 aliphatic heterocycles. The first-order chi connectivity index (χ1) is 11.0. The van der Waals surface area contributed by atoms with Crippen LogP contribution in [0.25, 0.3) is 0 Å². The average Bonchev–Trinajstić information content (AvgIpc) is 2.91. The molecule has 7 nitrogen and oxygen atoms in total. The molecular formula is C15H16ClN3O4. The predicted octanol–water partition coefficient (Wildman–Crippen LogP) is 3.06. The normalized spacial score (nSPS) is 11.6. The van der Waals surface area contributed by atoms with Crippen molar-refractivity contribution in [2.24, 2.45) is 0 Å². The zero-order valence-electron chi connectivity index (χ0n) is 12.6. The number of nitrogens with one attached hydrogen (secondary N) is 2. The topological polar surface area (TPSA) is 93.5 Å². The second-order valence-corrected chi connectivity index (χ2v) is 5.18. The van der Waals surface area contributed by atoms with Gasteiger partial charge in [-0.25, -0.2) is 4.79 Å². The fourth-order valence-corrected chi connectivity index (χ4v) is 2.25. The molecule has 8 heteroatoms. The van der Waals surface area contributed by atoms with E-state index < -0.39 is 18.0 Å². The number of anilines is 1. The largest absolute Gasteiger partial charge is 0.469 e. The number of ether oxygens (including phenoxy) is 1. The van der Waals surface area contributed by atoms with E-state index in [2.05, 4.69) is 20.5 Å². The van der Waals surface area contributed by atoms with Gasteiger partial charge in [-0.2, -0.15) is 0 Å². The number of aromatic nitrogens is 1. The lowest BCUT2D eigenvalue weighted by Crippen LogP contribution is -2.34. The Hall–Kier alpha value is -2.54. The summed E-state index contributed by atoms with van der Waals surface area (Å²) in [5, 5.41) is 9.31. The van der Waals surface area contributed by atoms with E-state index in [0.717, 1.165) is 0 Å². The fraction of sp³-hybridized carbons (Fsp3) is 0.267. The second kappa shape index (κ2) is 7.64. The van der Waals surface area contributed by atoms with Gasteiger partial charge in [-0.05, 0) is 18.6 Å². The summed E-state index contributed by atoms with van der Waals surface area (Å²) in [7, 11) is 1.28. The maximum atomic E-state index is 12.1. The first-order valence-electron chi connectivity index (χ1n) is 6.81. The van der Waals surface area contributed by atoms with Crippen LogP contribution in [0.1, 0.15) is 23.8 Å². The van der Waals surface area contributed by atoms with E-state index >= 15 is 0 Å². The maximum Gasteiger partial charge on any atom is 0.320 e. The van der Waals surface area contributed by atoms with Gasteiger partial charge in [0.25, 0.3) is 0 Å². The molecule has 122 valence electrons. The van der Waals surface area contributed by atoms with E-state index in [0.29, 0.717) is 16.3 Å². The Kier molecular flexibility index (Phi) is 5.59. The number of nitrogens with zero attached hydrogens (tertiary/aromatic N) is 1. The molecule has 0 fully saturated rings. The van der Waals surface area contributed by atoms with Crippen LogP contribution in [-0.4, -0.2) is 24.3 Å². The molecule has 1 heterocycles. The number of hydrogen-bond acceptors (Lipinski definition) is 5. The van der Waals surface area contributed by atoms with Crippen molar-refractivity contribution in [2.45, 2.75) is 19.4 Å². The van der Waals surface area contributed by atoms with Crippen molar-refractivity contribution in [1.29, 1.82) is 0 Å². The third kappa shape index (κ3) is 4.72. The van der Waals surface area contributed by atoms with Crippen LogP contribution < -0.4 is 10.6 Å². The van der Waals surface area contributed by atoms with Gasteiger partial charge in [0.05, 0.1) is 19.6 Å². The van der Waals surface area contributed by atoms with Crippen LogP contribution in [0.2, 0.25) is 5.02 Å². The average molecular weight is 338 g/mol. The SMILES string of the molecule is COC(=O)C[C@@H](NC(=O)Nc1cc(C)on1)c1ccccc1Cl. The first-order valence-corrected chi connectivity index (χ1v) is 7.19. The van der Waals surface area contributed by atoms with Crippen LogP contribution in [0.5, 0.6) is 0 Å². The molecule has 2 rings (SSSR count). The Morgan fingerprint density at radius 3 is 2.74 bits per heavy atom. The van der Waals surface area contributed by atoms with Crippen LogP contribution in [0.3, 0.4) is 0 Å². The lowest BCUT2D eigenvalue weighted by molar-refractivity contribution is -0.141. The summed E-state index contributed by atoms with van der Waals surface area (Å²) < 4.78 is 9.53. The molecule has 0 saturated carbocycles. The van der Waals surface area contributed by atoms with E-state index in [-0.39, 0.29) is 12.2 Å². The van der Waals surface area contributed by atoms with E-state index in [1.807, 2.05) is 0 Å². The van der Waals surface area contributed by atoms with E-state index in [1.54, 1.807) is 37.3 Å². The van der Waals surface area contributed by atoms with Gasteiger partial charge < -0.3 is 14.6 Å². The lowest BCUT2D eigenvalue weighted by atomic mass is 10.0. The van der Waals surface area contributed by atoms with Gasteiger partial charge in [-0.15, -0.1) is 0 Å². The molecule has 1 atom stereocenters. The Bertz CT molecular complexity index is 702. The second-order valence-electron chi connectivity index (χ2n) is 4.78. The summed E-state index contributed by atoms with van der Waals surface area (Å²) in [6.07, 6.45) is -0.0501. The van der Waals surface area contributed by atoms with Crippen LogP contribution in [-0.2, 0) is 9.53 Å². The first kappa shape index (κ1) is 16.8. The maximum absolute atomic E-state index is 12.1.